The van der Waals surface area contributed by atoms with Gasteiger partial charge in [0.15, 0.2) is 0 Å². The predicted octanol–water partition coefficient (Wildman–Crippen LogP) is 7.19. The van der Waals surface area contributed by atoms with Gasteiger partial charge in [0.2, 0.25) is 53.2 Å². The molecular formula is C79H120N12O16. The second kappa shape index (κ2) is 43.7. The first-order chi connectivity index (χ1) is 50.7. The lowest BCUT2D eigenvalue weighted by molar-refractivity contribution is -0.148. The van der Waals surface area contributed by atoms with E-state index in [0.717, 1.165) is 11.1 Å². The minimum Gasteiger partial charge on any atom is -0.480 e. The molecule has 592 valence electrons. The zero-order chi connectivity index (χ0) is 79.4. The minimum atomic E-state index is -1.18. The van der Waals surface area contributed by atoms with E-state index >= 15 is 0 Å². The van der Waals surface area contributed by atoms with Crippen LogP contribution in [0.1, 0.15) is 163 Å². The van der Waals surface area contributed by atoms with Gasteiger partial charge in [-0.15, -0.1) is 0 Å². The van der Waals surface area contributed by atoms with Crippen LogP contribution in [0.3, 0.4) is 0 Å². The Morgan fingerprint density at radius 2 is 1.36 bits per heavy atom. The summed E-state index contributed by atoms with van der Waals surface area (Å²) in [7, 11) is 8.16. The molecule has 28 nitrogen and oxygen atoms in total. The molecule has 107 heavy (non-hydrogen) atoms. The molecule has 3 aromatic rings. The summed E-state index contributed by atoms with van der Waals surface area (Å²) in [6.45, 7) is 20.0. The zero-order valence-electron chi connectivity index (χ0n) is 65.5. The van der Waals surface area contributed by atoms with Gasteiger partial charge < -0.3 is 66.8 Å². The monoisotopic (exact) mass is 1490 g/mol. The Kier molecular flexibility index (Phi) is 36.2. The number of methoxy groups -OCH3 is 2. The lowest BCUT2D eigenvalue weighted by atomic mass is 9.89. The van der Waals surface area contributed by atoms with Gasteiger partial charge in [0.25, 0.3) is 0 Å². The van der Waals surface area contributed by atoms with Crippen LogP contribution in [0.15, 0.2) is 78.9 Å². The third-order valence-electron chi connectivity index (χ3n) is 20.4. The number of rotatable bonds is 44. The number of ether oxygens (including phenoxy) is 3. The van der Waals surface area contributed by atoms with E-state index in [1.54, 1.807) is 112 Å². The lowest BCUT2D eigenvalue weighted by Crippen LogP contribution is -2.59. The molecule has 0 aromatic heterocycles. The molecule has 3 aromatic carbocycles. The van der Waals surface area contributed by atoms with Crippen LogP contribution in [-0.4, -0.2) is 212 Å². The molecular weight excluding hydrogens is 1370 g/mol. The maximum atomic E-state index is 15.0. The summed E-state index contributed by atoms with van der Waals surface area (Å²) in [5, 5.41) is 26.8. The van der Waals surface area contributed by atoms with Crippen molar-refractivity contribution in [2.24, 2.45) is 41.2 Å². The Morgan fingerprint density at radius 1 is 0.710 bits per heavy atom. The standard InChI is InChI=1S/C79H120N12O16/c1-16-51(8)69(63(105-14)46-66(94)90-41-24-28-62(90)70(106-15)53(10)71(95)85-61(77(101)102)45-55-25-19-17-20-26-55)89(13)76(100)60(43-48(2)3)84-74(98)68(50(6)7)87(11)42-38-54-32-36-58(37-33-54)88(12)79(104)107-47-56-30-34-57(35-31-56)82-72(96)59(27-23-39-81-78(80)103)83-73(97)67(49(4)5)86-64(92)29-21-18-22-40-91-65(93)44-52(9)75(91)99/h17,19-20,25-26,30-37,48-53,59-63,67-70H,16,18,21-24,27-29,38-47H2,1-15H3,(H,82,96)(H,83,97)(H,84,98)(H,85,95)(H,86,92)(H,101,102)(H3,80,81,103)/t51-,52?,53+,59-,60-,61-,62-,63+,67-,68-,69-,70+/m0/s1. The Labute approximate surface area is 631 Å². The molecule has 2 aliphatic heterocycles. The molecule has 12 atom stereocenters. The van der Waals surface area contributed by atoms with Gasteiger partial charge in [-0.25, -0.2) is 14.4 Å². The van der Waals surface area contributed by atoms with E-state index in [1.165, 1.54) is 24.0 Å². The van der Waals surface area contributed by atoms with Crippen LogP contribution in [0.2, 0.25) is 0 Å². The molecule has 5 rings (SSSR count). The second-order valence-electron chi connectivity index (χ2n) is 29.8. The van der Waals surface area contributed by atoms with Crippen molar-refractivity contribution in [3.63, 3.8) is 0 Å². The fourth-order valence-electron chi connectivity index (χ4n) is 14.1. The number of unbranched alkanes of at least 4 members (excludes halogenated alkanes) is 2. The third kappa shape index (κ3) is 27.0. The molecule has 0 bridgehead atoms. The summed E-state index contributed by atoms with van der Waals surface area (Å²) >= 11 is 0. The molecule has 0 radical (unpaired) electrons. The number of likely N-dealkylation sites (N-methyl/N-ethyl adjacent to an activating group) is 2. The van der Waals surface area contributed by atoms with Gasteiger partial charge in [-0.1, -0.05) is 137 Å². The minimum absolute atomic E-state index is 0.0117. The number of primary amides is 1. The SMILES string of the molecule is CC[C@H](C)[C@@H]([C@@H](CC(=O)N1CCC[C@H]1[C@H](OC)[C@@H](C)C(=O)N[C@@H](Cc1ccccc1)C(=O)O)OC)N(C)C(=O)[C@H](CC(C)C)NC(=O)[C@H](C(C)C)N(C)CCc1ccc(N(C)C(=O)OCc2ccc(NC(=O)[C@H](CCCNC(N)=O)NC(=O)[C@@H](NC(=O)CCCCCN3C(=O)CC(C)C3=O)C(C)C)cc2)cc1. The van der Waals surface area contributed by atoms with Gasteiger partial charge in [0.1, 0.15) is 30.8 Å². The van der Waals surface area contributed by atoms with Crippen molar-refractivity contribution < 1.29 is 76.9 Å². The maximum absolute atomic E-state index is 15.0. The summed E-state index contributed by atoms with van der Waals surface area (Å²) in [4.78, 5) is 168. The van der Waals surface area contributed by atoms with Gasteiger partial charge >= 0.3 is 18.1 Å². The Bertz CT molecular complexity index is 3430. The molecule has 2 saturated heterocycles. The van der Waals surface area contributed by atoms with Crippen molar-refractivity contribution in [2.45, 2.75) is 220 Å². The topological polar surface area (TPSA) is 367 Å². The van der Waals surface area contributed by atoms with Crippen LogP contribution >= 0.6 is 0 Å². The number of hydrogen-bond donors (Lipinski definition) is 8. The highest BCUT2D eigenvalue weighted by Gasteiger charge is 2.44. The predicted molar refractivity (Wildman–Crippen MR) is 407 cm³/mol. The lowest BCUT2D eigenvalue weighted by Gasteiger charge is -2.41. The van der Waals surface area contributed by atoms with Gasteiger partial charge in [0, 0.05) is 91.0 Å². The number of amides is 12. The van der Waals surface area contributed by atoms with Crippen molar-refractivity contribution in [2.75, 3.05) is 71.8 Å². The van der Waals surface area contributed by atoms with Gasteiger partial charge in [-0.2, -0.15) is 0 Å². The molecule has 28 heteroatoms. The number of carboxylic acids is 1. The highest BCUT2D eigenvalue weighted by Crippen LogP contribution is 2.31. The van der Waals surface area contributed by atoms with E-state index in [0.29, 0.717) is 87.9 Å². The molecule has 12 amide bonds. The molecule has 0 spiro atoms. The number of aliphatic carboxylic acids is 1. The number of carbonyl (C=O) groups excluding carboxylic acids is 11. The summed E-state index contributed by atoms with van der Waals surface area (Å²) < 4.78 is 17.8. The summed E-state index contributed by atoms with van der Waals surface area (Å²) in [5.41, 5.74) is 8.52. The number of urea groups is 1. The average molecular weight is 1490 g/mol. The van der Waals surface area contributed by atoms with Crippen LogP contribution in [0.25, 0.3) is 0 Å². The summed E-state index contributed by atoms with van der Waals surface area (Å²) in [6, 6.07) is 16.4. The van der Waals surface area contributed by atoms with E-state index in [4.69, 9.17) is 19.9 Å². The first kappa shape index (κ1) is 88.6. The Hall–Kier alpha value is -9.02. The highest BCUT2D eigenvalue weighted by molar-refractivity contribution is 6.03. The highest BCUT2D eigenvalue weighted by atomic mass is 16.6. The third-order valence-corrected chi connectivity index (χ3v) is 20.4. The van der Waals surface area contributed by atoms with Gasteiger partial charge in [-0.05, 0) is 123 Å². The van der Waals surface area contributed by atoms with Crippen LogP contribution in [-0.2, 0) is 81.6 Å². The molecule has 2 heterocycles. The number of nitrogens with two attached hydrogens (primary N) is 1. The first-order valence-corrected chi connectivity index (χ1v) is 37.8. The van der Waals surface area contributed by atoms with E-state index in [2.05, 4.69) is 31.9 Å². The molecule has 0 aliphatic carbocycles. The number of nitrogens with zero attached hydrogens (tertiary/aromatic N) is 5. The fourth-order valence-corrected chi connectivity index (χ4v) is 14.1. The number of benzene rings is 3. The van der Waals surface area contributed by atoms with E-state index < -0.39 is 96.2 Å². The second-order valence-corrected chi connectivity index (χ2v) is 29.8. The van der Waals surface area contributed by atoms with E-state index in [9.17, 15) is 62.6 Å². The largest absolute Gasteiger partial charge is 0.480 e. The molecule has 9 N–H and O–H groups in total. The zero-order valence-corrected chi connectivity index (χ0v) is 65.5. The number of anilines is 2. The van der Waals surface area contributed by atoms with Crippen molar-refractivity contribution in [1.29, 1.82) is 0 Å². The van der Waals surface area contributed by atoms with Crippen LogP contribution in [0.5, 0.6) is 0 Å². The summed E-state index contributed by atoms with van der Waals surface area (Å²) in [5.74, 6) is -6.19. The Morgan fingerprint density at radius 3 is 1.93 bits per heavy atom. The van der Waals surface area contributed by atoms with Gasteiger partial charge in [-0.3, -0.25) is 57.9 Å². The molecule has 1 unspecified atom stereocenters. The van der Waals surface area contributed by atoms with E-state index in [1.807, 2.05) is 71.7 Å². The van der Waals surface area contributed by atoms with Crippen molar-refractivity contribution in [3.8, 4) is 0 Å². The Balaban J connectivity index is 1.14. The number of hydrogen-bond acceptors (Lipinski definition) is 16. The van der Waals surface area contributed by atoms with Crippen molar-refractivity contribution in [1.82, 2.24) is 46.2 Å². The number of carbonyl (C=O) groups is 12. The van der Waals surface area contributed by atoms with Gasteiger partial charge in [0.05, 0.1) is 42.7 Å². The number of nitrogens with one attached hydrogen (secondary N) is 6. The van der Waals surface area contributed by atoms with Crippen LogP contribution in [0.4, 0.5) is 21.0 Å². The van der Waals surface area contributed by atoms with Crippen LogP contribution < -0.4 is 42.5 Å². The fraction of sp³-hybridized carbons (Fsp3) is 0.620. The molecule has 2 aliphatic rings. The number of likely N-dealkylation sites (tertiary alicyclic amines) is 2. The van der Waals surface area contributed by atoms with Crippen molar-refractivity contribution >= 4 is 82.6 Å². The van der Waals surface area contributed by atoms with Crippen molar-refractivity contribution in [3.05, 3.63) is 95.6 Å². The van der Waals surface area contributed by atoms with Crippen LogP contribution in [0, 0.1) is 35.5 Å². The maximum Gasteiger partial charge on any atom is 0.414 e. The number of imide groups is 1. The molecule has 0 saturated carbocycles. The average Bonchev–Trinajstić information content (AvgIpc) is 1.79. The number of carboxylic acid groups (broad SMARTS) is 1. The first-order valence-electron chi connectivity index (χ1n) is 37.8. The quantitative estimate of drug-likeness (QED) is 0.0205. The summed E-state index contributed by atoms with van der Waals surface area (Å²) in [6.07, 6.45) is 2.93. The van der Waals surface area contributed by atoms with E-state index in [-0.39, 0.29) is 117 Å². The molecule has 2 fully saturated rings. The smallest absolute Gasteiger partial charge is 0.414 e. The normalized spacial score (nSPS) is 17.3.